The molecule has 8 heteroatoms. The SMILES string of the molecule is C=CC(=O)OC(CC(=O)[O-])C(=O)[O-].[Li+].[Li+]. The number of rotatable bonds is 5. The number of ether oxygens (including phenoxy) is 1. The Morgan fingerprint density at radius 3 is 2.00 bits per heavy atom. The number of carbonyl (C=O) groups excluding carboxylic acids is 3. The molecule has 0 aliphatic carbocycles. The van der Waals surface area contributed by atoms with Gasteiger partial charge in [0.25, 0.3) is 0 Å². The Kier molecular flexibility index (Phi) is 13.1. The summed E-state index contributed by atoms with van der Waals surface area (Å²) in [6, 6.07) is 0. The third kappa shape index (κ3) is 9.64. The maximum absolute atomic E-state index is 10.5. The topological polar surface area (TPSA) is 107 Å². The van der Waals surface area contributed by atoms with Gasteiger partial charge in [-0.1, -0.05) is 6.58 Å². The molecular formula is C7H6Li2O6. The molecule has 0 fully saturated rings. The summed E-state index contributed by atoms with van der Waals surface area (Å²) in [6.07, 6.45) is -2.07. The molecule has 1 unspecified atom stereocenters. The van der Waals surface area contributed by atoms with E-state index in [1.165, 1.54) is 0 Å². The smallest absolute Gasteiger partial charge is 0.550 e. The zero-order valence-electron chi connectivity index (χ0n) is 8.52. The van der Waals surface area contributed by atoms with E-state index in [1.54, 1.807) is 0 Å². The Morgan fingerprint density at radius 2 is 1.73 bits per heavy atom. The number of carbonyl (C=O) groups is 3. The summed E-state index contributed by atoms with van der Waals surface area (Å²) in [6.45, 7) is 3.00. The largest absolute Gasteiger partial charge is 1.00 e. The van der Waals surface area contributed by atoms with Gasteiger partial charge in [0, 0.05) is 18.5 Å². The summed E-state index contributed by atoms with van der Waals surface area (Å²) >= 11 is 0. The first kappa shape index (κ1) is 19.8. The Morgan fingerprint density at radius 1 is 1.27 bits per heavy atom. The molecule has 0 rings (SSSR count). The van der Waals surface area contributed by atoms with Crippen molar-refractivity contribution in [3.8, 4) is 0 Å². The van der Waals surface area contributed by atoms with Crippen molar-refractivity contribution in [1.29, 1.82) is 0 Å². The predicted molar refractivity (Wildman–Crippen MR) is 34.7 cm³/mol. The van der Waals surface area contributed by atoms with Crippen molar-refractivity contribution in [2.45, 2.75) is 12.5 Å². The fourth-order valence-corrected chi connectivity index (χ4v) is 0.513. The van der Waals surface area contributed by atoms with E-state index in [0.717, 1.165) is 0 Å². The van der Waals surface area contributed by atoms with Crippen molar-refractivity contribution in [3.63, 3.8) is 0 Å². The molecule has 0 radical (unpaired) electrons. The maximum atomic E-state index is 10.5. The van der Waals surface area contributed by atoms with Gasteiger partial charge in [-0.25, -0.2) is 4.79 Å². The minimum absolute atomic E-state index is 0. The quantitative estimate of drug-likeness (QED) is 0.248. The first-order chi connectivity index (χ1) is 5.97. The van der Waals surface area contributed by atoms with Gasteiger partial charge in [0.15, 0.2) is 0 Å². The third-order valence-corrected chi connectivity index (χ3v) is 1.04. The summed E-state index contributed by atoms with van der Waals surface area (Å²) in [5.41, 5.74) is 0. The first-order valence-corrected chi connectivity index (χ1v) is 3.21. The van der Waals surface area contributed by atoms with Gasteiger partial charge in [0.05, 0.1) is 5.97 Å². The molecule has 0 aliphatic rings. The maximum Gasteiger partial charge on any atom is 1.00 e. The van der Waals surface area contributed by atoms with Crippen molar-refractivity contribution in [1.82, 2.24) is 0 Å². The number of hydrogen-bond acceptors (Lipinski definition) is 6. The van der Waals surface area contributed by atoms with Crippen LogP contribution < -0.4 is 47.9 Å². The average molecular weight is 200 g/mol. The average Bonchev–Trinajstić information content (AvgIpc) is 2.02. The molecule has 0 aromatic rings. The third-order valence-electron chi connectivity index (χ3n) is 1.04. The molecule has 6 nitrogen and oxygen atoms in total. The van der Waals surface area contributed by atoms with E-state index in [0.29, 0.717) is 6.08 Å². The fourth-order valence-electron chi connectivity index (χ4n) is 0.513. The summed E-state index contributed by atoms with van der Waals surface area (Å²) in [5.74, 6) is -4.47. The van der Waals surface area contributed by atoms with Gasteiger partial charge in [-0.3, -0.25) is 0 Å². The molecule has 0 heterocycles. The van der Waals surface area contributed by atoms with E-state index in [1.807, 2.05) is 0 Å². The Bertz CT molecular complexity index is 252. The zero-order chi connectivity index (χ0) is 10.4. The van der Waals surface area contributed by atoms with Crippen LogP contribution in [0.4, 0.5) is 0 Å². The van der Waals surface area contributed by atoms with Gasteiger partial charge >= 0.3 is 43.7 Å². The minimum Gasteiger partial charge on any atom is -0.550 e. The molecule has 0 aromatic heterocycles. The zero-order valence-corrected chi connectivity index (χ0v) is 8.52. The molecule has 0 bridgehead atoms. The van der Waals surface area contributed by atoms with E-state index in [4.69, 9.17) is 0 Å². The number of esters is 1. The number of carboxylic acids is 2. The van der Waals surface area contributed by atoms with Crippen LogP contribution in [0.25, 0.3) is 0 Å². The minimum atomic E-state index is -1.84. The second-order valence-electron chi connectivity index (χ2n) is 2.02. The standard InChI is InChI=1S/C7H8O6.2Li/c1-2-6(10)13-4(7(11)12)3-5(8)9;;/h2,4H,1,3H2,(H,8,9)(H,11,12);;/q;2*+1/p-2. The fraction of sp³-hybridized carbons (Fsp3) is 0.286. The van der Waals surface area contributed by atoms with Crippen LogP contribution in [-0.2, 0) is 19.1 Å². The molecule has 0 spiro atoms. The van der Waals surface area contributed by atoms with E-state index in [9.17, 15) is 24.6 Å². The Labute approximate surface area is 110 Å². The summed E-state index contributed by atoms with van der Waals surface area (Å²) in [5, 5.41) is 20.1. The van der Waals surface area contributed by atoms with Gasteiger partial charge in [-0.15, -0.1) is 0 Å². The predicted octanol–water partition coefficient (Wildman–Crippen LogP) is -9.02. The normalized spacial score (nSPS) is 9.87. The summed E-state index contributed by atoms with van der Waals surface area (Å²) in [4.78, 5) is 30.6. The molecule has 0 saturated heterocycles. The number of hydrogen-bond donors (Lipinski definition) is 0. The van der Waals surface area contributed by atoms with E-state index in [2.05, 4.69) is 11.3 Å². The van der Waals surface area contributed by atoms with Gasteiger partial charge in [0.1, 0.15) is 6.10 Å². The van der Waals surface area contributed by atoms with Crippen LogP contribution >= 0.6 is 0 Å². The van der Waals surface area contributed by atoms with Gasteiger partial charge in [0.2, 0.25) is 0 Å². The molecule has 0 amide bonds. The summed E-state index contributed by atoms with van der Waals surface area (Å²) in [7, 11) is 0. The summed E-state index contributed by atoms with van der Waals surface area (Å²) < 4.78 is 4.13. The molecule has 0 aromatic carbocycles. The van der Waals surface area contributed by atoms with E-state index >= 15 is 0 Å². The molecule has 0 aliphatic heterocycles. The van der Waals surface area contributed by atoms with Crippen LogP contribution in [-0.4, -0.2) is 24.0 Å². The van der Waals surface area contributed by atoms with Crippen LogP contribution in [0.1, 0.15) is 6.42 Å². The second kappa shape index (κ2) is 9.88. The monoisotopic (exact) mass is 200 g/mol. The molecule has 0 N–H and O–H groups in total. The number of carboxylic acid groups (broad SMARTS) is 2. The van der Waals surface area contributed by atoms with Crippen molar-refractivity contribution in [2.75, 3.05) is 0 Å². The van der Waals surface area contributed by atoms with Gasteiger partial charge < -0.3 is 24.5 Å². The van der Waals surface area contributed by atoms with Crippen molar-refractivity contribution < 1.29 is 67.1 Å². The van der Waals surface area contributed by atoms with E-state index in [-0.39, 0.29) is 37.7 Å². The Balaban J connectivity index is -0.000000720. The number of aliphatic carboxylic acids is 2. The van der Waals surface area contributed by atoms with Crippen LogP contribution in [0.2, 0.25) is 0 Å². The van der Waals surface area contributed by atoms with Gasteiger partial charge in [-0.05, 0) is 0 Å². The second-order valence-corrected chi connectivity index (χ2v) is 2.02. The van der Waals surface area contributed by atoms with Crippen molar-refractivity contribution >= 4 is 17.9 Å². The van der Waals surface area contributed by atoms with Crippen LogP contribution in [0.3, 0.4) is 0 Å². The van der Waals surface area contributed by atoms with Crippen LogP contribution in [0.15, 0.2) is 12.7 Å². The molecule has 15 heavy (non-hydrogen) atoms. The van der Waals surface area contributed by atoms with Crippen molar-refractivity contribution in [2.24, 2.45) is 0 Å². The van der Waals surface area contributed by atoms with Crippen LogP contribution in [0, 0.1) is 0 Å². The van der Waals surface area contributed by atoms with Crippen LogP contribution in [0.5, 0.6) is 0 Å². The van der Waals surface area contributed by atoms with E-state index < -0.39 is 30.4 Å². The van der Waals surface area contributed by atoms with Gasteiger partial charge in [-0.2, -0.15) is 0 Å². The first-order valence-electron chi connectivity index (χ1n) is 3.21. The molecule has 1 atom stereocenters. The van der Waals surface area contributed by atoms with Crippen molar-refractivity contribution in [3.05, 3.63) is 12.7 Å². The Hall–Kier alpha value is -0.655. The molecule has 72 valence electrons. The molecular weight excluding hydrogens is 194 g/mol. The molecule has 0 saturated carbocycles.